The van der Waals surface area contributed by atoms with Gasteiger partial charge in [-0.05, 0) is 30.7 Å². The van der Waals surface area contributed by atoms with Gasteiger partial charge in [-0.1, -0.05) is 22.9 Å². The smallest absolute Gasteiger partial charge is 0.243 e. The van der Waals surface area contributed by atoms with E-state index in [1.54, 1.807) is 19.2 Å². The number of hydrogen-bond donors (Lipinski definition) is 1. The zero-order valence-corrected chi connectivity index (χ0v) is 15.3. The monoisotopic (exact) mass is 392 g/mol. The lowest BCUT2D eigenvalue weighted by Crippen LogP contribution is -2.44. The van der Waals surface area contributed by atoms with E-state index >= 15 is 0 Å². The van der Waals surface area contributed by atoms with Crippen molar-refractivity contribution >= 4 is 31.9 Å². The highest BCUT2D eigenvalue weighted by atomic mass is 79.9. The normalized spacial score (nSPS) is 13.1. The van der Waals surface area contributed by atoms with E-state index in [1.165, 1.54) is 19.2 Å². The van der Waals surface area contributed by atoms with Gasteiger partial charge in [0.1, 0.15) is 0 Å². The molecule has 0 saturated carbocycles. The Hall–Kier alpha value is -0.960. The Morgan fingerprint density at radius 2 is 1.95 bits per heavy atom. The van der Waals surface area contributed by atoms with Gasteiger partial charge >= 0.3 is 0 Å². The molecule has 0 fully saturated rings. The number of carbonyl (C=O) groups is 1. The lowest BCUT2D eigenvalue weighted by Gasteiger charge is -2.20. The van der Waals surface area contributed by atoms with Gasteiger partial charge in [-0.2, -0.15) is 4.31 Å². The van der Waals surface area contributed by atoms with Crippen molar-refractivity contribution in [1.82, 2.24) is 9.62 Å². The average Bonchev–Trinajstić information content (AvgIpc) is 2.47. The van der Waals surface area contributed by atoms with Gasteiger partial charge in [0, 0.05) is 18.6 Å². The molecule has 1 N–H and O–H groups in total. The van der Waals surface area contributed by atoms with E-state index in [4.69, 9.17) is 4.74 Å². The van der Waals surface area contributed by atoms with E-state index in [0.29, 0.717) is 13.0 Å². The van der Waals surface area contributed by atoms with Crippen molar-refractivity contribution in [2.24, 2.45) is 0 Å². The number of ether oxygens (including phenoxy) is 1. The fourth-order valence-electron chi connectivity index (χ4n) is 1.81. The minimum atomic E-state index is -3.69. The van der Waals surface area contributed by atoms with Crippen LogP contribution in [0.1, 0.15) is 13.3 Å². The fraction of sp³-hybridized carbons (Fsp3) is 0.500. The number of benzene rings is 1. The van der Waals surface area contributed by atoms with Crippen LogP contribution in [-0.2, 0) is 19.6 Å². The highest BCUT2D eigenvalue weighted by molar-refractivity contribution is 9.10. The van der Waals surface area contributed by atoms with E-state index in [2.05, 4.69) is 21.2 Å². The number of methoxy groups -OCH3 is 1. The number of halogens is 1. The summed E-state index contributed by atoms with van der Waals surface area (Å²) in [5, 5.41) is 2.75. The van der Waals surface area contributed by atoms with Crippen LogP contribution < -0.4 is 5.32 Å². The molecule has 1 atom stereocenters. The summed E-state index contributed by atoms with van der Waals surface area (Å²) in [5.74, 6) is -0.355. The number of nitrogens with zero attached hydrogens (tertiary/aromatic N) is 1. The number of sulfonamides is 1. The van der Waals surface area contributed by atoms with Gasteiger partial charge in [0.25, 0.3) is 0 Å². The van der Waals surface area contributed by atoms with Crippen LogP contribution in [0.25, 0.3) is 0 Å². The number of amides is 1. The Kier molecular flexibility index (Phi) is 7.47. The van der Waals surface area contributed by atoms with E-state index in [0.717, 1.165) is 8.78 Å². The summed E-state index contributed by atoms with van der Waals surface area (Å²) < 4.78 is 31.6. The SMILES string of the molecule is CCC(COC)NC(=O)CN(C)S(=O)(=O)c1ccc(Br)cc1. The molecule has 0 aliphatic rings. The molecular weight excluding hydrogens is 372 g/mol. The van der Waals surface area contributed by atoms with Gasteiger partial charge in [0.15, 0.2) is 0 Å². The first-order chi connectivity index (χ1) is 10.3. The molecule has 0 saturated heterocycles. The van der Waals surface area contributed by atoms with Crippen LogP contribution in [0.15, 0.2) is 33.6 Å². The Morgan fingerprint density at radius 1 is 1.36 bits per heavy atom. The molecule has 8 heteroatoms. The predicted octanol–water partition coefficient (Wildman–Crippen LogP) is 1.61. The summed E-state index contributed by atoms with van der Waals surface area (Å²) in [7, 11) is -0.748. The van der Waals surface area contributed by atoms with Gasteiger partial charge in [-0.15, -0.1) is 0 Å². The van der Waals surface area contributed by atoms with Crippen molar-refractivity contribution in [2.75, 3.05) is 27.3 Å². The van der Waals surface area contributed by atoms with Gasteiger partial charge < -0.3 is 10.1 Å². The number of likely N-dealkylation sites (N-methyl/N-ethyl adjacent to an activating group) is 1. The van der Waals surface area contributed by atoms with Crippen molar-refractivity contribution in [3.05, 3.63) is 28.7 Å². The molecule has 0 aliphatic heterocycles. The number of rotatable bonds is 8. The molecule has 1 rings (SSSR count). The third kappa shape index (κ3) is 5.35. The third-order valence-electron chi connectivity index (χ3n) is 3.11. The van der Waals surface area contributed by atoms with Crippen molar-refractivity contribution in [3.8, 4) is 0 Å². The second kappa shape index (κ2) is 8.61. The number of hydrogen-bond acceptors (Lipinski definition) is 4. The van der Waals surface area contributed by atoms with Crippen molar-refractivity contribution in [2.45, 2.75) is 24.3 Å². The summed E-state index contributed by atoms with van der Waals surface area (Å²) in [6, 6.07) is 6.15. The lowest BCUT2D eigenvalue weighted by molar-refractivity contribution is -0.122. The molecule has 1 aromatic carbocycles. The van der Waals surface area contributed by atoms with Crippen LogP contribution in [-0.4, -0.2) is 52.0 Å². The van der Waals surface area contributed by atoms with Crippen LogP contribution in [0.4, 0.5) is 0 Å². The molecule has 0 radical (unpaired) electrons. The maximum atomic E-state index is 12.4. The zero-order valence-electron chi connectivity index (χ0n) is 12.9. The molecule has 22 heavy (non-hydrogen) atoms. The minimum absolute atomic E-state index is 0.124. The van der Waals surface area contributed by atoms with Crippen molar-refractivity contribution in [1.29, 1.82) is 0 Å². The summed E-state index contributed by atoms with van der Waals surface area (Å²) in [5.41, 5.74) is 0. The lowest BCUT2D eigenvalue weighted by atomic mass is 10.2. The van der Waals surface area contributed by atoms with E-state index < -0.39 is 10.0 Å². The quantitative estimate of drug-likeness (QED) is 0.728. The molecule has 1 aromatic rings. The molecule has 0 bridgehead atoms. The summed E-state index contributed by atoms with van der Waals surface area (Å²) in [6.45, 7) is 2.08. The molecule has 6 nitrogen and oxygen atoms in total. The van der Waals surface area contributed by atoms with Crippen LogP contribution in [0.3, 0.4) is 0 Å². The summed E-state index contributed by atoms with van der Waals surface area (Å²) in [4.78, 5) is 12.1. The molecule has 1 unspecified atom stereocenters. The minimum Gasteiger partial charge on any atom is -0.383 e. The Balaban J connectivity index is 2.72. The molecular formula is C14H21BrN2O4S. The molecule has 0 aliphatic carbocycles. The van der Waals surface area contributed by atoms with Gasteiger partial charge in [0.2, 0.25) is 15.9 Å². The first-order valence-corrected chi connectivity index (χ1v) is 9.04. The van der Waals surface area contributed by atoms with E-state index in [-0.39, 0.29) is 23.4 Å². The Morgan fingerprint density at radius 3 is 2.45 bits per heavy atom. The predicted molar refractivity (Wildman–Crippen MR) is 88.1 cm³/mol. The summed E-state index contributed by atoms with van der Waals surface area (Å²) in [6.07, 6.45) is 0.711. The molecule has 0 heterocycles. The van der Waals surface area contributed by atoms with E-state index in [9.17, 15) is 13.2 Å². The standard InChI is InChI=1S/C14H21BrN2O4S/c1-4-12(10-21-3)16-14(18)9-17(2)22(19,20)13-7-5-11(15)6-8-13/h5-8,12H,4,9-10H2,1-3H3,(H,16,18). The third-order valence-corrected chi connectivity index (χ3v) is 5.46. The van der Waals surface area contributed by atoms with Crippen LogP contribution in [0.5, 0.6) is 0 Å². The van der Waals surface area contributed by atoms with Gasteiger partial charge in [-0.3, -0.25) is 4.79 Å². The van der Waals surface area contributed by atoms with Crippen LogP contribution in [0.2, 0.25) is 0 Å². The molecule has 1 amide bonds. The van der Waals surface area contributed by atoms with E-state index in [1.807, 2.05) is 6.92 Å². The average molecular weight is 393 g/mol. The number of carbonyl (C=O) groups excluding carboxylic acids is 1. The first-order valence-electron chi connectivity index (χ1n) is 6.81. The summed E-state index contributed by atoms with van der Waals surface area (Å²) >= 11 is 3.25. The van der Waals surface area contributed by atoms with Gasteiger partial charge in [0.05, 0.1) is 24.1 Å². The molecule has 0 spiro atoms. The maximum absolute atomic E-state index is 12.4. The zero-order chi connectivity index (χ0) is 16.8. The Labute approximate surface area is 140 Å². The largest absolute Gasteiger partial charge is 0.383 e. The van der Waals surface area contributed by atoms with Gasteiger partial charge in [-0.25, -0.2) is 8.42 Å². The first kappa shape index (κ1) is 19.1. The fourth-order valence-corrected chi connectivity index (χ4v) is 3.20. The van der Waals surface area contributed by atoms with Crippen molar-refractivity contribution in [3.63, 3.8) is 0 Å². The molecule has 124 valence electrons. The topological polar surface area (TPSA) is 75.7 Å². The van der Waals surface area contributed by atoms with Crippen LogP contribution in [0, 0.1) is 0 Å². The number of nitrogens with one attached hydrogen (secondary N) is 1. The molecule has 0 aromatic heterocycles. The highest BCUT2D eigenvalue weighted by Crippen LogP contribution is 2.17. The second-order valence-electron chi connectivity index (χ2n) is 4.84. The van der Waals surface area contributed by atoms with Crippen molar-refractivity contribution < 1.29 is 17.9 Å². The second-order valence-corrected chi connectivity index (χ2v) is 7.80. The maximum Gasteiger partial charge on any atom is 0.243 e. The van der Waals surface area contributed by atoms with Crippen LogP contribution >= 0.6 is 15.9 Å². The Bertz CT molecular complexity index is 589. The highest BCUT2D eigenvalue weighted by Gasteiger charge is 2.23.